The molecule has 2 N–H and O–H groups in total. The van der Waals surface area contributed by atoms with Crippen LogP contribution in [0.2, 0.25) is 0 Å². The van der Waals surface area contributed by atoms with Crippen molar-refractivity contribution >= 4 is 31.4 Å². The Kier molecular flexibility index (Phi) is 5.82. The van der Waals surface area contributed by atoms with Gasteiger partial charge >= 0.3 is 0 Å². The molecule has 0 aliphatic rings. The maximum atomic E-state index is 13.9. The normalized spacial score (nSPS) is 11.9. The molecule has 6 nitrogen and oxygen atoms in total. The third-order valence-electron chi connectivity index (χ3n) is 4.22. The highest BCUT2D eigenvalue weighted by atomic mass is 32.2. The summed E-state index contributed by atoms with van der Waals surface area (Å²) in [5, 5.41) is 0. The Morgan fingerprint density at radius 2 is 1.37 bits per heavy atom. The first kappa shape index (κ1) is 21.7. The summed E-state index contributed by atoms with van der Waals surface area (Å²) < 4.78 is 82.8. The number of hydrogen-bond donors (Lipinski definition) is 2. The SMILES string of the molecule is Cc1cccc(NS(=O)(=O)c2ccc(C)c(NS(=O)(=O)c3c(F)cccc3F)c2)c1. The van der Waals surface area contributed by atoms with E-state index in [2.05, 4.69) is 9.44 Å². The summed E-state index contributed by atoms with van der Waals surface area (Å²) in [6, 6.07) is 13.1. The van der Waals surface area contributed by atoms with Gasteiger partial charge in [-0.05, 0) is 61.4 Å². The van der Waals surface area contributed by atoms with E-state index in [4.69, 9.17) is 0 Å². The fourth-order valence-corrected chi connectivity index (χ4v) is 5.07. The first-order valence-corrected chi connectivity index (χ1v) is 11.6. The Labute approximate surface area is 173 Å². The first-order chi connectivity index (χ1) is 14.0. The van der Waals surface area contributed by atoms with Crippen LogP contribution in [0.3, 0.4) is 0 Å². The number of halogens is 2. The molecule has 0 radical (unpaired) electrons. The van der Waals surface area contributed by atoms with Gasteiger partial charge < -0.3 is 0 Å². The van der Waals surface area contributed by atoms with Gasteiger partial charge in [-0.2, -0.15) is 0 Å². The van der Waals surface area contributed by atoms with Crippen LogP contribution < -0.4 is 9.44 Å². The van der Waals surface area contributed by atoms with Crippen LogP contribution in [0.1, 0.15) is 11.1 Å². The van der Waals surface area contributed by atoms with Crippen molar-refractivity contribution in [3.05, 3.63) is 83.4 Å². The largest absolute Gasteiger partial charge is 0.280 e. The highest BCUT2D eigenvalue weighted by Crippen LogP contribution is 2.27. The molecule has 0 bridgehead atoms. The maximum Gasteiger partial charge on any atom is 0.267 e. The Bertz CT molecular complexity index is 1300. The van der Waals surface area contributed by atoms with Crippen molar-refractivity contribution in [2.24, 2.45) is 0 Å². The van der Waals surface area contributed by atoms with Gasteiger partial charge in [0.15, 0.2) is 4.90 Å². The van der Waals surface area contributed by atoms with Crippen LogP contribution in [0.25, 0.3) is 0 Å². The molecule has 0 aliphatic heterocycles. The standard InChI is InChI=1S/C20H18F2N2O4S2/c1-13-5-3-6-15(11-13)23-29(25,26)16-10-9-14(2)19(12-16)24-30(27,28)20-17(21)7-4-8-18(20)22/h3-12,23-24H,1-2H3. The monoisotopic (exact) mass is 452 g/mol. The molecule has 0 heterocycles. The zero-order valence-corrected chi connectivity index (χ0v) is 17.6. The molecule has 0 aromatic heterocycles. The van der Waals surface area contributed by atoms with Gasteiger partial charge in [0.2, 0.25) is 0 Å². The number of aryl methyl sites for hydroxylation is 2. The highest BCUT2D eigenvalue weighted by Gasteiger charge is 2.25. The van der Waals surface area contributed by atoms with Gasteiger partial charge in [-0.25, -0.2) is 25.6 Å². The summed E-state index contributed by atoms with van der Waals surface area (Å²) >= 11 is 0. The molecular formula is C20H18F2N2O4S2. The van der Waals surface area contributed by atoms with Gasteiger partial charge in [0.05, 0.1) is 10.6 Å². The summed E-state index contributed by atoms with van der Waals surface area (Å²) in [4.78, 5) is -1.36. The lowest BCUT2D eigenvalue weighted by atomic mass is 10.2. The third-order valence-corrected chi connectivity index (χ3v) is 7.02. The molecule has 158 valence electrons. The topological polar surface area (TPSA) is 92.3 Å². The van der Waals surface area contributed by atoms with E-state index in [0.717, 1.165) is 29.8 Å². The van der Waals surface area contributed by atoms with E-state index in [9.17, 15) is 25.6 Å². The quantitative estimate of drug-likeness (QED) is 0.587. The predicted molar refractivity (Wildman–Crippen MR) is 110 cm³/mol. The van der Waals surface area contributed by atoms with Gasteiger partial charge in [-0.1, -0.05) is 24.3 Å². The minimum atomic E-state index is -4.64. The molecule has 0 amide bonds. The van der Waals surface area contributed by atoms with Crippen LogP contribution in [0.4, 0.5) is 20.2 Å². The van der Waals surface area contributed by atoms with Gasteiger partial charge in [-0.15, -0.1) is 0 Å². The lowest BCUT2D eigenvalue weighted by molar-refractivity contribution is 0.521. The Morgan fingerprint density at radius 1 is 0.733 bits per heavy atom. The number of sulfonamides is 2. The Hall–Kier alpha value is -2.98. The molecule has 0 saturated carbocycles. The lowest BCUT2D eigenvalue weighted by Crippen LogP contribution is -2.18. The minimum absolute atomic E-state index is 0.121. The number of rotatable bonds is 6. The van der Waals surface area contributed by atoms with Crippen molar-refractivity contribution < 1.29 is 25.6 Å². The number of nitrogens with one attached hydrogen (secondary N) is 2. The van der Waals surface area contributed by atoms with E-state index < -0.39 is 36.6 Å². The van der Waals surface area contributed by atoms with Crippen LogP contribution >= 0.6 is 0 Å². The molecule has 0 spiro atoms. The molecule has 30 heavy (non-hydrogen) atoms. The highest BCUT2D eigenvalue weighted by molar-refractivity contribution is 7.93. The zero-order valence-electron chi connectivity index (χ0n) is 16.0. The van der Waals surface area contributed by atoms with Crippen LogP contribution in [0.15, 0.2) is 70.5 Å². The molecule has 3 aromatic rings. The van der Waals surface area contributed by atoms with Crippen molar-refractivity contribution in [3.63, 3.8) is 0 Å². The van der Waals surface area contributed by atoms with Crippen molar-refractivity contribution in [1.29, 1.82) is 0 Å². The summed E-state index contributed by atoms with van der Waals surface area (Å²) in [5.41, 5.74) is 1.43. The maximum absolute atomic E-state index is 13.9. The Balaban J connectivity index is 1.97. The second-order valence-electron chi connectivity index (χ2n) is 6.61. The zero-order chi connectivity index (χ0) is 22.1. The van der Waals surface area contributed by atoms with Crippen LogP contribution in [0.5, 0.6) is 0 Å². The minimum Gasteiger partial charge on any atom is -0.280 e. The van der Waals surface area contributed by atoms with Crippen molar-refractivity contribution in [3.8, 4) is 0 Å². The van der Waals surface area contributed by atoms with E-state index >= 15 is 0 Å². The molecule has 0 unspecified atom stereocenters. The number of benzene rings is 3. The van der Waals surface area contributed by atoms with Gasteiger partial charge in [-0.3, -0.25) is 9.44 Å². The van der Waals surface area contributed by atoms with Crippen LogP contribution in [0, 0.1) is 25.5 Å². The molecule has 0 saturated heterocycles. The fraction of sp³-hybridized carbons (Fsp3) is 0.100. The third kappa shape index (κ3) is 4.60. The van der Waals surface area contributed by atoms with Gasteiger partial charge in [0.1, 0.15) is 11.6 Å². The summed E-state index contributed by atoms with van der Waals surface area (Å²) in [6.45, 7) is 3.33. The van der Waals surface area contributed by atoms with Crippen molar-refractivity contribution in [2.45, 2.75) is 23.6 Å². The molecule has 0 aliphatic carbocycles. The lowest BCUT2D eigenvalue weighted by Gasteiger charge is -2.14. The van der Waals surface area contributed by atoms with E-state index in [-0.39, 0.29) is 10.6 Å². The van der Waals surface area contributed by atoms with E-state index in [0.29, 0.717) is 11.3 Å². The van der Waals surface area contributed by atoms with Gasteiger partial charge in [0.25, 0.3) is 20.0 Å². The Morgan fingerprint density at radius 3 is 2.00 bits per heavy atom. The number of hydrogen-bond acceptors (Lipinski definition) is 4. The first-order valence-electron chi connectivity index (χ1n) is 8.66. The van der Waals surface area contributed by atoms with E-state index in [1.807, 2.05) is 0 Å². The second-order valence-corrected chi connectivity index (χ2v) is 9.91. The van der Waals surface area contributed by atoms with Crippen molar-refractivity contribution in [1.82, 2.24) is 0 Å². The van der Waals surface area contributed by atoms with Gasteiger partial charge in [0, 0.05) is 5.69 Å². The molecule has 3 rings (SSSR count). The predicted octanol–water partition coefficient (Wildman–Crippen LogP) is 4.18. The molecule has 10 heteroatoms. The fourth-order valence-electron chi connectivity index (χ4n) is 2.74. The second kappa shape index (κ2) is 8.04. The average molecular weight is 453 g/mol. The molecule has 0 atom stereocenters. The molecule has 0 fully saturated rings. The molecular weight excluding hydrogens is 434 g/mol. The molecule has 3 aromatic carbocycles. The summed E-state index contributed by atoms with van der Waals surface area (Å²) in [6.07, 6.45) is 0. The van der Waals surface area contributed by atoms with E-state index in [1.54, 1.807) is 31.2 Å². The summed E-state index contributed by atoms with van der Waals surface area (Å²) in [7, 11) is -8.68. The van der Waals surface area contributed by atoms with E-state index in [1.165, 1.54) is 19.1 Å². The van der Waals surface area contributed by atoms with Crippen LogP contribution in [-0.2, 0) is 20.0 Å². The van der Waals surface area contributed by atoms with Crippen LogP contribution in [-0.4, -0.2) is 16.8 Å². The summed E-state index contributed by atoms with van der Waals surface area (Å²) in [5.74, 6) is -2.52. The average Bonchev–Trinajstić information content (AvgIpc) is 2.62. The van der Waals surface area contributed by atoms with Crippen molar-refractivity contribution in [2.75, 3.05) is 9.44 Å². The number of anilines is 2. The smallest absolute Gasteiger partial charge is 0.267 e.